The van der Waals surface area contributed by atoms with Crippen LogP contribution in [0.1, 0.15) is 6.92 Å². The molecule has 0 saturated heterocycles. The van der Waals surface area contributed by atoms with Crippen LogP contribution >= 0.6 is 0 Å². The minimum atomic E-state index is -1.90. The summed E-state index contributed by atoms with van der Waals surface area (Å²) in [6, 6.07) is 0. The number of hydrogen-bond donors (Lipinski definition) is 0. The van der Waals surface area contributed by atoms with E-state index >= 15 is 0 Å². The minimum absolute atomic E-state index is 0.313. The first-order valence-corrected chi connectivity index (χ1v) is 11.7. The Morgan fingerprint density at radius 2 is 0.829 bits per heavy atom. The number of rotatable bonds is 21. The van der Waals surface area contributed by atoms with Gasteiger partial charge in [-0.25, -0.2) is 28.8 Å². The van der Waals surface area contributed by atoms with E-state index in [0.29, 0.717) is 0 Å². The van der Waals surface area contributed by atoms with Gasteiger partial charge in [-0.3, -0.25) is 0 Å². The zero-order chi connectivity index (χ0) is 31.5. The summed E-state index contributed by atoms with van der Waals surface area (Å²) in [4.78, 5) is 71.5. The van der Waals surface area contributed by atoms with Gasteiger partial charge in [0.2, 0.25) is 0 Å². The third kappa shape index (κ3) is 13.7. The summed E-state index contributed by atoms with van der Waals surface area (Å²) in [6.07, 6.45) is 3.17. The number of esters is 6. The molecule has 0 aromatic rings. The SMILES string of the molecule is C=CC(=O)OCC(C)(COCC(COC(=O)C=C)(COC(=O)C=C)C(OC(=O)C=C)OC(=O)C=C)COC(=O)C=C. The summed E-state index contributed by atoms with van der Waals surface area (Å²) in [5, 5.41) is 0. The van der Waals surface area contributed by atoms with E-state index in [2.05, 4.69) is 39.5 Å². The van der Waals surface area contributed by atoms with Crippen LogP contribution in [0.25, 0.3) is 0 Å². The predicted octanol–water partition coefficient (Wildman–Crippen LogP) is 1.70. The molecule has 0 N–H and O–H groups in total. The van der Waals surface area contributed by atoms with Crippen molar-refractivity contribution >= 4 is 35.8 Å². The Labute approximate surface area is 237 Å². The fourth-order valence-electron chi connectivity index (χ4n) is 2.69. The van der Waals surface area contributed by atoms with Gasteiger partial charge in [0.05, 0.1) is 18.6 Å². The maximum atomic E-state index is 12.2. The number of carbonyl (C=O) groups excluding carboxylic acids is 6. The normalized spacial score (nSPS) is 10.7. The molecule has 224 valence electrons. The van der Waals surface area contributed by atoms with Gasteiger partial charge in [-0.1, -0.05) is 46.4 Å². The Morgan fingerprint density at radius 1 is 0.512 bits per heavy atom. The molecule has 0 radical (unpaired) electrons. The molecule has 0 aromatic carbocycles. The van der Waals surface area contributed by atoms with Crippen molar-refractivity contribution in [1.82, 2.24) is 0 Å². The van der Waals surface area contributed by atoms with Crippen LogP contribution < -0.4 is 0 Å². The molecule has 0 aliphatic rings. The van der Waals surface area contributed by atoms with Gasteiger partial charge < -0.3 is 33.2 Å². The lowest BCUT2D eigenvalue weighted by atomic mass is 9.89. The van der Waals surface area contributed by atoms with E-state index in [4.69, 9.17) is 33.2 Å². The van der Waals surface area contributed by atoms with Crippen molar-refractivity contribution in [3.8, 4) is 0 Å². The van der Waals surface area contributed by atoms with E-state index in [9.17, 15) is 28.8 Å². The Bertz CT molecular complexity index is 970. The Balaban J connectivity index is 6.51. The molecule has 0 aromatic heterocycles. The topological polar surface area (TPSA) is 167 Å². The van der Waals surface area contributed by atoms with Gasteiger partial charge in [0, 0.05) is 36.5 Å². The first kappa shape index (κ1) is 36.2. The van der Waals surface area contributed by atoms with Gasteiger partial charge in [-0.2, -0.15) is 0 Å². The molecular weight excluding hydrogens is 544 g/mol. The van der Waals surface area contributed by atoms with Crippen LogP contribution in [0.3, 0.4) is 0 Å². The minimum Gasteiger partial charge on any atom is -0.462 e. The van der Waals surface area contributed by atoms with Crippen molar-refractivity contribution in [1.29, 1.82) is 0 Å². The van der Waals surface area contributed by atoms with Crippen LogP contribution in [-0.2, 0) is 61.9 Å². The highest BCUT2D eigenvalue weighted by Gasteiger charge is 2.48. The molecule has 0 amide bonds. The molecule has 0 aliphatic carbocycles. The number of carbonyl (C=O) groups is 6. The van der Waals surface area contributed by atoms with E-state index in [1.165, 1.54) is 0 Å². The molecule has 0 fully saturated rings. The van der Waals surface area contributed by atoms with Gasteiger partial charge in [-0.15, -0.1) is 0 Å². The van der Waals surface area contributed by atoms with E-state index in [1.54, 1.807) is 6.92 Å². The lowest BCUT2D eigenvalue weighted by molar-refractivity contribution is -0.233. The smallest absolute Gasteiger partial charge is 0.333 e. The van der Waals surface area contributed by atoms with Crippen molar-refractivity contribution in [3.63, 3.8) is 0 Å². The molecule has 41 heavy (non-hydrogen) atoms. The molecule has 0 heterocycles. The van der Waals surface area contributed by atoms with Crippen molar-refractivity contribution in [2.75, 3.05) is 39.6 Å². The Kier molecular flexibility index (Phi) is 16.3. The predicted molar refractivity (Wildman–Crippen MR) is 142 cm³/mol. The van der Waals surface area contributed by atoms with Gasteiger partial charge in [0.15, 0.2) is 0 Å². The van der Waals surface area contributed by atoms with Gasteiger partial charge in [0.25, 0.3) is 6.29 Å². The average Bonchev–Trinajstić information content (AvgIpc) is 2.98. The van der Waals surface area contributed by atoms with Crippen LogP contribution in [0.5, 0.6) is 0 Å². The molecule has 0 spiro atoms. The molecular formula is C28H34O13. The second kappa shape index (κ2) is 18.5. The second-order valence-corrected chi connectivity index (χ2v) is 8.53. The summed E-state index contributed by atoms with van der Waals surface area (Å²) in [5.74, 6) is -5.49. The summed E-state index contributed by atoms with van der Waals surface area (Å²) in [7, 11) is 0. The van der Waals surface area contributed by atoms with Gasteiger partial charge >= 0.3 is 35.8 Å². The maximum absolute atomic E-state index is 12.2. The standard InChI is InChI=1S/C28H34O13/c1-8-20(29)36-15-27(7,16-37-21(30)9-2)14-35-17-28(18-38-22(31)10-3,19-39-23(32)11-4)26(40-24(33)12-5)41-25(34)13-6/h8-13,26H,1-6,14-19H2,7H3. The van der Waals surface area contributed by atoms with E-state index in [-0.39, 0.29) is 19.8 Å². The molecule has 13 heteroatoms. The molecule has 0 unspecified atom stereocenters. The van der Waals surface area contributed by atoms with Crippen molar-refractivity contribution in [2.24, 2.45) is 10.8 Å². The first-order valence-electron chi connectivity index (χ1n) is 11.7. The van der Waals surface area contributed by atoms with E-state index in [0.717, 1.165) is 36.5 Å². The zero-order valence-corrected chi connectivity index (χ0v) is 22.8. The summed E-state index contributed by atoms with van der Waals surface area (Å²) in [6.45, 7) is 18.4. The maximum Gasteiger partial charge on any atom is 0.333 e. The van der Waals surface area contributed by atoms with Crippen molar-refractivity contribution in [2.45, 2.75) is 13.2 Å². The highest BCUT2D eigenvalue weighted by atomic mass is 16.7. The van der Waals surface area contributed by atoms with Crippen LogP contribution in [0, 0.1) is 10.8 Å². The number of ether oxygens (including phenoxy) is 7. The fraction of sp³-hybridized carbons (Fsp3) is 0.357. The van der Waals surface area contributed by atoms with E-state index in [1.807, 2.05) is 0 Å². The summed E-state index contributed by atoms with van der Waals surface area (Å²) in [5.41, 5.74) is -3.07. The summed E-state index contributed by atoms with van der Waals surface area (Å²) < 4.78 is 36.8. The molecule has 0 aliphatic heterocycles. The zero-order valence-electron chi connectivity index (χ0n) is 22.8. The molecule has 0 saturated carbocycles. The highest BCUT2D eigenvalue weighted by Crippen LogP contribution is 2.31. The van der Waals surface area contributed by atoms with Crippen molar-refractivity contribution in [3.05, 3.63) is 75.9 Å². The second-order valence-electron chi connectivity index (χ2n) is 8.53. The first-order chi connectivity index (χ1) is 19.3. The third-order valence-electron chi connectivity index (χ3n) is 4.92. The van der Waals surface area contributed by atoms with Crippen LogP contribution in [0.2, 0.25) is 0 Å². The Hall–Kier alpha value is -4.78. The lowest BCUT2D eigenvalue weighted by Crippen LogP contribution is -2.52. The Morgan fingerprint density at radius 3 is 1.15 bits per heavy atom. The summed E-state index contributed by atoms with van der Waals surface area (Å²) >= 11 is 0. The van der Waals surface area contributed by atoms with Gasteiger partial charge in [-0.05, 0) is 0 Å². The van der Waals surface area contributed by atoms with Crippen LogP contribution in [0.15, 0.2) is 75.9 Å². The lowest BCUT2D eigenvalue weighted by Gasteiger charge is -2.38. The largest absolute Gasteiger partial charge is 0.462 e. The molecule has 0 atom stereocenters. The van der Waals surface area contributed by atoms with Crippen molar-refractivity contribution < 1.29 is 61.9 Å². The van der Waals surface area contributed by atoms with Gasteiger partial charge in [0.1, 0.15) is 31.8 Å². The monoisotopic (exact) mass is 578 g/mol. The molecule has 0 rings (SSSR count). The van der Waals surface area contributed by atoms with Crippen LogP contribution in [-0.4, -0.2) is 81.7 Å². The average molecular weight is 579 g/mol. The molecule has 13 nitrogen and oxygen atoms in total. The highest BCUT2D eigenvalue weighted by molar-refractivity contribution is 5.84. The number of hydrogen-bond acceptors (Lipinski definition) is 13. The third-order valence-corrected chi connectivity index (χ3v) is 4.92. The van der Waals surface area contributed by atoms with E-state index < -0.39 is 72.8 Å². The quantitative estimate of drug-likeness (QED) is 0.0836. The fourth-order valence-corrected chi connectivity index (χ4v) is 2.69. The molecule has 0 bridgehead atoms. The van der Waals surface area contributed by atoms with Crippen LogP contribution in [0.4, 0.5) is 0 Å².